The van der Waals surface area contributed by atoms with Gasteiger partial charge in [0.05, 0.1) is 18.1 Å². The minimum absolute atomic E-state index is 0.00613. The Kier molecular flexibility index (Phi) is 7.28. The molecule has 2 N–H and O–H groups in total. The first-order chi connectivity index (χ1) is 14.5. The van der Waals surface area contributed by atoms with Gasteiger partial charge in [0.2, 0.25) is 5.82 Å². The van der Waals surface area contributed by atoms with Gasteiger partial charge in [-0.25, -0.2) is 14.8 Å². The highest BCUT2D eigenvalue weighted by molar-refractivity contribution is 5.68. The molecule has 2 aliphatic rings. The smallest absolute Gasteiger partial charge is 0.444 e. The number of nitrogens with zero attached hydrogens (tertiary/aromatic N) is 3. The summed E-state index contributed by atoms with van der Waals surface area (Å²) in [7, 11) is 0. The Morgan fingerprint density at radius 2 is 1.71 bits per heavy atom. The van der Waals surface area contributed by atoms with Crippen LogP contribution in [0.3, 0.4) is 0 Å². The molecule has 3 rings (SSSR count). The third-order valence-corrected chi connectivity index (χ3v) is 5.60. The van der Waals surface area contributed by atoms with Crippen LogP contribution in [0.2, 0.25) is 0 Å². The van der Waals surface area contributed by atoms with E-state index in [0.29, 0.717) is 12.2 Å². The van der Waals surface area contributed by atoms with Crippen molar-refractivity contribution in [3.8, 4) is 0 Å². The maximum absolute atomic E-state index is 12.7. The van der Waals surface area contributed by atoms with E-state index in [1.54, 1.807) is 0 Å². The van der Waals surface area contributed by atoms with Gasteiger partial charge in [0.15, 0.2) is 0 Å². The number of hydrogen-bond donors (Lipinski definition) is 2. The summed E-state index contributed by atoms with van der Waals surface area (Å²) in [6.07, 6.45) is 3.41. The van der Waals surface area contributed by atoms with Crippen molar-refractivity contribution >= 4 is 11.8 Å². The van der Waals surface area contributed by atoms with Crippen molar-refractivity contribution in [2.75, 3.05) is 18.0 Å². The van der Waals surface area contributed by atoms with E-state index in [2.05, 4.69) is 20.6 Å². The zero-order chi connectivity index (χ0) is 22.6. The molecular formula is C21H32F3N5O2. The number of carbonyl (C=O) groups is 1. The molecule has 10 heteroatoms. The van der Waals surface area contributed by atoms with Gasteiger partial charge in [0, 0.05) is 31.2 Å². The lowest BCUT2D eigenvalue weighted by Crippen LogP contribution is -2.57. The summed E-state index contributed by atoms with van der Waals surface area (Å²) in [5.41, 5.74) is 0.0431. The summed E-state index contributed by atoms with van der Waals surface area (Å²) < 4.78 is 43.6. The monoisotopic (exact) mass is 443 g/mol. The SMILES string of the molecule is CC(C)(C)OC(=O)N[C@@H]1CCCC[C@H]1NC1CCCN(c2cnc(C(F)(F)F)nc2)C1. The van der Waals surface area contributed by atoms with Gasteiger partial charge in [-0.05, 0) is 46.5 Å². The third kappa shape index (κ3) is 6.95. The average molecular weight is 444 g/mol. The van der Waals surface area contributed by atoms with Gasteiger partial charge in [0.1, 0.15) is 5.60 Å². The largest absolute Gasteiger partial charge is 0.451 e. The van der Waals surface area contributed by atoms with Crippen molar-refractivity contribution < 1.29 is 22.7 Å². The first-order valence-electron chi connectivity index (χ1n) is 10.9. The molecule has 2 heterocycles. The predicted octanol–water partition coefficient (Wildman–Crippen LogP) is 3.89. The van der Waals surface area contributed by atoms with E-state index in [0.717, 1.165) is 45.1 Å². The Balaban J connectivity index is 1.58. The summed E-state index contributed by atoms with van der Waals surface area (Å²) in [4.78, 5) is 21.2. The molecule has 31 heavy (non-hydrogen) atoms. The van der Waals surface area contributed by atoms with Gasteiger partial charge >= 0.3 is 12.3 Å². The molecule has 1 amide bonds. The van der Waals surface area contributed by atoms with Crippen LogP contribution in [0, 0.1) is 0 Å². The molecule has 0 spiro atoms. The van der Waals surface area contributed by atoms with Gasteiger partial charge in [-0.2, -0.15) is 13.2 Å². The van der Waals surface area contributed by atoms with E-state index in [1.165, 1.54) is 12.4 Å². The zero-order valence-electron chi connectivity index (χ0n) is 18.3. The molecule has 1 aromatic rings. The number of ether oxygens (including phenoxy) is 1. The van der Waals surface area contributed by atoms with Crippen LogP contribution in [0.5, 0.6) is 0 Å². The van der Waals surface area contributed by atoms with E-state index in [-0.39, 0.29) is 18.1 Å². The number of aromatic nitrogens is 2. The number of rotatable bonds is 4. The molecule has 0 bridgehead atoms. The highest BCUT2D eigenvalue weighted by atomic mass is 19.4. The van der Waals surface area contributed by atoms with Crippen molar-refractivity contribution in [3.63, 3.8) is 0 Å². The zero-order valence-corrected chi connectivity index (χ0v) is 18.3. The first-order valence-corrected chi connectivity index (χ1v) is 10.9. The average Bonchev–Trinajstić information content (AvgIpc) is 2.68. The quantitative estimate of drug-likeness (QED) is 0.735. The van der Waals surface area contributed by atoms with E-state index in [9.17, 15) is 18.0 Å². The van der Waals surface area contributed by atoms with E-state index >= 15 is 0 Å². The summed E-state index contributed by atoms with van der Waals surface area (Å²) in [6.45, 7) is 6.92. The highest BCUT2D eigenvalue weighted by Crippen LogP contribution is 2.27. The molecule has 0 aromatic carbocycles. The summed E-state index contributed by atoms with van der Waals surface area (Å²) in [5, 5.41) is 6.69. The van der Waals surface area contributed by atoms with Crippen LogP contribution in [-0.4, -0.2) is 52.9 Å². The number of nitrogens with one attached hydrogen (secondary N) is 2. The second kappa shape index (κ2) is 9.58. The van der Waals surface area contributed by atoms with Crippen LogP contribution in [-0.2, 0) is 10.9 Å². The van der Waals surface area contributed by atoms with Crippen LogP contribution < -0.4 is 15.5 Å². The van der Waals surface area contributed by atoms with Crippen molar-refractivity contribution in [2.24, 2.45) is 0 Å². The number of piperidine rings is 1. The van der Waals surface area contributed by atoms with Gasteiger partial charge in [0.25, 0.3) is 0 Å². The van der Waals surface area contributed by atoms with Crippen molar-refractivity contribution in [1.82, 2.24) is 20.6 Å². The summed E-state index contributed by atoms with van der Waals surface area (Å²) in [5.74, 6) is -1.12. The van der Waals surface area contributed by atoms with Crippen LogP contribution in [0.4, 0.5) is 23.7 Å². The van der Waals surface area contributed by atoms with Gasteiger partial charge < -0.3 is 20.3 Å². The first kappa shape index (κ1) is 23.6. The molecule has 3 atom stereocenters. The fraction of sp³-hybridized carbons (Fsp3) is 0.762. The molecule has 1 aliphatic heterocycles. The number of alkyl halides is 3. The minimum atomic E-state index is -4.54. The van der Waals surface area contributed by atoms with Gasteiger partial charge in [-0.1, -0.05) is 12.8 Å². The number of alkyl carbamates (subject to hydrolysis) is 1. The molecule has 1 saturated heterocycles. The van der Waals surface area contributed by atoms with Crippen LogP contribution in [0.1, 0.15) is 65.1 Å². The number of anilines is 1. The maximum Gasteiger partial charge on any atom is 0.451 e. The lowest BCUT2D eigenvalue weighted by atomic mass is 9.89. The van der Waals surface area contributed by atoms with Crippen molar-refractivity contribution in [3.05, 3.63) is 18.2 Å². The second-order valence-corrected chi connectivity index (χ2v) is 9.36. The lowest BCUT2D eigenvalue weighted by molar-refractivity contribution is -0.145. The van der Waals surface area contributed by atoms with E-state index < -0.39 is 23.7 Å². The molecule has 1 aliphatic carbocycles. The topological polar surface area (TPSA) is 79.4 Å². The number of carbonyl (C=O) groups excluding carboxylic acids is 1. The van der Waals surface area contributed by atoms with Crippen LogP contribution >= 0.6 is 0 Å². The molecular weight excluding hydrogens is 411 g/mol. The highest BCUT2D eigenvalue weighted by Gasteiger charge is 2.35. The van der Waals surface area contributed by atoms with Gasteiger partial charge in [-0.15, -0.1) is 0 Å². The Hall–Kier alpha value is -2.10. The maximum atomic E-state index is 12.7. The summed E-state index contributed by atoms with van der Waals surface area (Å²) in [6, 6.07) is 0.297. The van der Waals surface area contributed by atoms with Crippen LogP contribution in [0.15, 0.2) is 12.4 Å². The minimum Gasteiger partial charge on any atom is -0.444 e. The number of halogens is 3. The molecule has 1 aromatic heterocycles. The van der Waals surface area contributed by atoms with E-state index in [4.69, 9.17) is 4.74 Å². The third-order valence-electron chi connectivity index (χ3n) is 5.60. The standard InChI is InChI=1S/C21H32F3N5O2/c1-20(2,3)31-19(30)28-17-9-5-4-8-16(17)27-14-7-6-10-29(13-14)15-11-25-18(26-12-15)21(22,23)24/h11-12,14,16-17,27H,4-10,13H2,1-3H3,(H,28,30)/t14?,16-,17-/m1/s1. The molecule has 7 nitrogen and oxygen atoms in total. The fourth-order valence-corrected chi connectivity index (χ4v) is 4.24. The predicted molar refractivity (Wildman–Crippen MR) is 111 cm³/mol. The molecule has 174 valence electrons. The Morgan fingerprint density at radius 1 is 1.06 bits per heavy atom. The molecule has 1 saturated carbocycles. The van der Waals surface area contributed by atoms with E-state index in [1.807, 2.05) is 25.7 Å². The summed E-state index contributed by atoms with van der Waals surface area (Å²) >= 11 is 0. The normalized spacial score (nSPS) is 25.2. The molecule has 0 radical (unpaired) electrons. The Labute approximate surface area is 181 Å². The number of amides is 1. The number of hydrogen-bond acceptors (Lipinski definition) is 6. The second-order valence-electron chi connectivity index (χ2n) is 9.36. The van der Waals surface area contributed by atoms with Gasteiger partial charge in [-0.3, -0.25) is 0 Å². The fourth-order valence-electron chi connectivity index (χ4n) is 4.24. The Bertz CT molecular complexity index is 736. The van der Waals surface area contributed by atoms with Crippen molar-refractivity contribution in [2.45, 2.75) is 89.2 Å². The molecule has 2 fully saturated rings. The van der Waals surface area contributed by atoms with Crippen LogP contribution in [0.25, 0.3) is 0 Å². The molecule has 1 unspecified atom stereocenters. The Morgan fingerprint density at radius 3 is 2.32 bits per heavy atom. The lowest BCUT2D eigenvalue weighted by Gasteiger charge is -2.40. The van der Waals surface area contributed by atoms with Crippen molar-refractivity contribution in [1.29, 1.82) is 0 Å².